The lowest BCUT2D eigenvalue weighted by Crippen LogP contribution is -2.10. The maximum Gasteiger partial charge on any atom is 0.488 e. The van der Waals surface area contributed by atoms with Crippen molar-refractivity contribution in [3.8, 4) is 29.2 Å². The van der Waals surface area contributed by atoms with Crippen LogP contribution < -0.4 is 9.61 Å². The molecule has 5 rings (SSSR count). The Labute approximate surface area is 207 Å². The highest BCUT2D eigenvalue weighted by Crippen LogP contribution is 2.33. The van der Waals surface area contributed by atoms with E-state index in [0.29, 0.717) is 39.5 Å². The summed E-state index contributed by atoms with van der Waals surface area (Å²) in [5, 5.41) is 1.95. The SMILES string of the molecule is C#Cc1ccc2c(c1)[nH]c1c2c(=O)c2cc(CCCC)c(-c3cncc(OS(=O)(=O)F)c3)cc2n1C. The summed E-state index contributed by atoms with van der Waals surface area (Å²) in [5.41, 5.74) is 4.92. The topological polar surface area (TPSA) is 94.1 Å². The highest BCUT2D eigenvalue weighted by atomic mass is 32.3. The highest BCUT2D eigenvalue weighted by molar-refractivity contribution is 7.81. The zero-order chi connectivity index (χ0) is 25.6. The summed E-state index contributed by atoms with van der Waals surface area (Å²) in [4.78, 5) is 21.1. The molecule has 0 radical (unpaired) electrons. The number of terminal acetylenes is 1. The lowest BCUT2D eigenvalue weighted by atomic mass is 9.94. The minimum atomic E-state index is -5.19. The first kappa shape index (κ1) is 23.6. The van der Waals surface area contributed by atoms with Crippen molar-refractivity contribution < 1.29 is 16.5 Å². The second-order valence-corrected chi connectivity index (χ2v) is 9.61. The number of rotatable bonds is 6. The van der Waals surface area contributed by atoms with Gasteiger partial charge in [0.1, 0.15) is 5.65 Å². The van der Waals surface area contributed by atoms with E-state index in [0.717, 1.165) is 41.1 Å². The number of aryl methyl sites for hydroxylation is 2. The molecular formula is C27H22FN3O4S. The molecule has 2 aromatic carbocycles. The Hall–Kier alpha value is -4.16. The van der Waals surface area contributed by atoms with Crippen LogP contribution in [-0.2, 0) is 24.0 Å². The molecule has 0 saturated heterocycles. The predicted octanol–water partition coefficient (Wildman–Crippen LogP) is 5.15. The van der Waals surface area contributed by atoms with Crippen LogP contribution in [0.4, 0.5) is 3.89 Å². The van der Waals surface area contributed by atoms with Gasteiger partial charge in [-0.15, -0.1) is 6.42 Å². The third-order valence-corrected chi connectivity index (χ3v) is 6.75. The van der Waals surface area contributed by atoms with Gasteiger partial charge in [-0.3, -0.25) is 9.78 Å². The van der Waals surface area contributed by atoms with Crippen LogP contribution in [0.3, 0.4) is 0 Å². The zero-order valence-electron chi connectivity index (χ0n) is 19.6. The lowest BCUT2D eigenvalue weighted by Gasteiger charge is -2.15. The van der Waals surface area contributed by atoms with Crippen molar-refractivity contribution in [2.75, 3.05) is 0 Å². The third kappa shape index (κ3) is 4.10. The van der Waals surface area contributed by atoms with Crippen molar-refractivity contribution in [2.45, 2.75) is 26.2 Å². The Balaban J connectivity index is 1.81. The molecule has 0 unspecified atom stereocenters. The monoisotopic (exact) mass is 503 g/mol. The molecule has 0 atom stereocenters. The van der Waals surface area contributed by atoms with Gasteiger partial charge in [-0.1, -0.05) is 29.2 Å². The summed E-state index contributed by atoms with van der Waals surface area (Å²) in [7, 11) is -3.33. The number of H-pyrrole nitrogens is 1. The van der Waals surface area contributed by atoms with E-state index >= 15 is 0 Å². The second kappa shape index (κ2) is 8.81. The fourth-order valence-electron chi connectivity index (χ4n) is 4.67. The molecule has 3 heterocycles. The number of aromatic nitrogens is 3. The van der Waals surface area contributed by atoms with Gasteiger partial charge in [0.2, 0.25) is 0 Å². The first-order chi connectivity index (χ1) is 17.2. The van der Waals surface area contributed by atoms with Crippen LogP contribution >= 0.6 is 0 Å². The molecule has 0 spiro atoms. The van der Waals surface area contributed by atoms with Crippen LogP contribution in [0, 0.1) is 12.3 Å². The smallest absolute Gasteiger partial charge is 0.357 e. The molecule has 0 aliphatic carbocycles. The molecular weight excluding hydrogens is 481 g/mol. The number of hydrogen-bond acceptors (Lipinski definition) is 5. The van der Waals surface area contributed by atoms with Gasteiger partial charge in [0.15, 0.2) is 11.2 Å². The Morgan fingerprint density at radius 3 is 2.69 bits per heavy atom. The van der Waals surface area contributed by atoms with Crippen molar-refractivity contribution in [2.24, 2.45) is 7.05 Å². The van der Waals surface area contributed by atoms with Crippen molar-refractivity contribution in [1.29, 1.82) is 0 Å². The number of nitrogens with zero attached hydrogens (tertiary/aromatic N) is 2. The molecule has 0 amide bonds. The van der Waals surface area contributed by atoms with Crippen molar-refractivity contribution in [3.05, 3.63) is 70.1 Å². The van der Waals surface area contributed by atoms with Crippen molar-refractivity contribution in [3.63, 3.8) is 0 Å². The van der Waals surface area contributed by atoms with E-state index in [9.17, 15) is 17.1 Å². The van der Waals surface area contributed by atoms with E-state index in [1.807, 2.05) is 41.9 Å². The number of benzene rings is 2. The maximum atomic E-state index is 13.7. The average Bonchev–Trinajstić information content (AvgIpc) is 3.24. The molecule has 1 N–H and O–H groups in total. The van der Waals surface area contributed by atoms with Gasteiger partial charge in [-0.2, -0.15) is 8.42 Å². The summed E-state index contributed by atoms with van der Waals surface area (Å²) in [6, 6.07) is 10.7. The van der Waals surface area contributed by atoms with Gasteiger partial charge in [-0.25, -0.2) is 0 Å². The number of nitrogens with one attached hydrogen (secondary N) is 1. The number of pyridine rings is 2. The fraction of sp³-hybridized carbons (Fsp3) is 0.185. The number of unbranched alkanes of at least 4 members (excludes halogenated alkanes) is 1. The molecule has 7 nitrogen and oxygen atoms in total. The number of fused-ring (bicyclic) bond motifs is 4. The number of halogens is 1. The van der Waals surface area contributed by atoms with Gasteiger partial charge in [-0.05, 0) is 54.3 Å². The van der Waals surface area contributed by atoms with Crippen molar-refractivity contribution >= 4 is 43.3 Å². The molecule has 3 aromatic heterocycles. The highest BCUT2D eigenvalue weighted by Gasteiger charge is 2.18. The van der Waals surface area contributed by atoms with Crippen LogP contribution in [0.15, 0.2) is 53.6 Å². The standard InChI is InChI=1S/C27H22FN3O4S/c1-4-6-7-17-12-22-24(13-21(17)18-11-19(15-29-14-18)35-36(28,33)34)31(3)27-25(26(22)32)20-9-8-16(5-2)10-23(20)30-27/h2,8-15,30H,4,6-7H2,1,3H3. The van der Waals surface area contributed by atoms with E-state index in [1.165, 1.54) is 6.07 Å². The Kier molecular flexibility index (Phi) is 5.77. The second-order valence-electron chi connectivity index (χ2n) is 8.66. The Morgan fingerprint density at radius 2 is 1.97 bits per heavy atom. The maximum absolute atomic E-state index is 13.7. The summed E-state index contributed by atoms with van der Waals surface area (Å²) < 4.78 is 41.4. The third-order valence-electron chi connectivity index (χ3n) is 6.36. The fourth-order valence-corrected chi connectivity index (χ4v) is 4.99. The van der Waals surface area contributed by atoms with E-state index in [4.69, 9.17) is 6.42 Å². The van der Waals surface area contributed by atoms with Crippen LogP contribution in [-0.4, -0.2) is 23.0 Å². The first-order valence-electron chi connectivity index (χ1n) is 11.4. The molecule has 0 bridgehead atoms. The first-order valence-corrected chi connectivity index (χ1v) is 12.7. The minimum absolute atomic E-state index is 0.0964. The number of aromatic amines is 1. The number of hydrogen-bond donors (Lipinski definition) is 1. The van der Waals surface area contributed by atoms with Crippen molar-refractivity contribution in [1.82, 2.24) is 14.5 Å². The molecule has 36 heavy (non-hydrogen) atoms. The normalized spacial score (nSPS) is 11.8. The van der Waals surface area contributed by atoms with E-state index < -0.39 is 10.5 Å². The zero-order valence-corrected chi connectivity index (χ0v) is 20.4. The molecule has 5 aromatic rings. The van der Waals surface area contributed by atoms with Gasteiger partial charge >= 0.3 is 10.5 Å². The average molecular weight is 504 g/mol. The molecule has 0 aliphatic heterocycles. The van der Waals surface area contributed by atoms with Crippen LogP contribution in [0.1, 0.15) is 30.9 Å². The van der Waals surface area contributed by atoms with Gasteiger partial charge in [0.05, 0.1) is 17.1 Å². The van der Waals surface area contributed by atoms with E-state index in [2.05, 4.69) is 27.0 Å². The summed E-state index contributed by atoms with van der Waals surface area (Å²) >= 11 is 0. The minimum Gasteiger partial charge on any atom is -0.357 e. The molecule has 0 aliphatic rings. The van der Waals surface area contributed by atoms with Crippen LogP contribution in [0.25, 0.3) is 44.0 Å². The lowest BCUT2D eigenvalue weighted by molar-refractivity contribution is 0.439. The molecule has 0 fully saturated rings. The van der Waals surface area contributed by atoms with Gasteiger partial charge in [0, 0.05) is 40.7 Å². The summed E-state index contributed by atoms with van der Waals surface area (Å²) in [6.07, 6.45) is 10.7. The Bertz CT molecular complexity index is 1880. The molecule has 182 valence electrons. The van der Waals surface area contributed by atoms with Crippen LogP contribution in [0.5, 0.6) is 5.75 Å². The quantitative estimate of drug-likeness (QED) is 0.255. The van der Waals surface area contributed by atoms with E-state index in [-0.39, 0.29) is 11.2 Å². The molecule has 9 heteroatoms. The predicted molar refractivity (Wildman–Crippen MR) is 139 cm³/mol. The summed E-state index contributed by atoms with van der Waals surface area (Å²) in [5.74, 6) is 2.38. The largest absolute Gasteiger partial charge is 0.488 e. The Morgan fingerprint density at radius 1 is 1.17 bits per heavy atom. The van der Waals surface area contributed by atoms with Crippen LogP contribution in [0.2, 0.25) is 0 Å². The molecule has 0 saturated carbocycles. The summed E-state index contributed by atoms with van der Waals surface area (Å²) in [6.45, 7) is 2.07. The van der Waals surface area contributed by atoms with E-state index in [1.54, 1.807) is 6.20 Å². The van der Waals surface area contributed by atoms with Gasteiger partial charge in [0.25, 0.3) is 0 Å². The van der Waals surface area contributed by atoms with Gasteiger partial charge < -0.3 is 13.7 Å².